The number of nitrogens with one attached hydrogen (secondary N) is 2. The molecule has 3 aliphatic rings. The van der Waals surface area contributed by atoms with E-state index in [-0.39, 0.29) is 0 Å². The van der Waals surface area contributed by atoms with E-state index in [1.54, 1.807) is 6.07 Å². The third kappa shape index (κ3) is 3.18. The minimum Gasteiger partial charge on any atom is -0.476 e. The zero-order chi connectivity index (χ0) is 19.8. The van der Waals surface area contributed by atoms with E-state index < -0.39 is 0 Å². The first-order chi connectivity index (χ1) is 14.3. The molecule has 0 amide bonds. The smallest absolute Gasteiger partial charge is 0.238 e. The van der Waals surface area contributed by atoms with Crippen molar-refractivity contribution in [3.05, 3.63) is 41.1 Å². The van der Waals surface area contributed by atoms with Gasteiger partial charge < -0.3 is 25.0 Å². The molecule has 4 heterocycles. The molecule has 7 heteroatoms. The molecule has 1 fully saturated rings. The first-order valence-corrected chi connectivity index (χ1v) is 10.3. The van der Waals surface area contributed by atoms with Gasteiger partial charge in [-0.05, 0) is 49.7 Å². The summed E-state index contributed by atoms with van der Waals surface area (Å²) in [6, 6.07) is 10.6. The number of nitriles is 1. The van der Waals surface area contributed by atoms with Crippen LogP contribution in [0.3, 0.4) is 0 Å². The lowest BCUT2D eigenvalue weighted by Crippen LogP contribution is -2.44. The van der Waals surface area contributed by atoms with Gasteiger partial charge in [0.25, 0.3) is 0 Å². The van der Waals surface area contributed by atoms with Crippen LogP contribution in [0, 0.1) is 11.3 Å². The number of nitrogens with zero attached hydrogens (tertiary/aromatic N) is 3. The van der Waals surface area contributed by atoms with E-state index in [1.165, 1.54) is 16.8 Å². The number of hydrogen-bond donors (Lipinski definition) is 2. The molecular weight excluding hydrogens is 366 g/mol. The van der Waals surface area contributed by atoms with Crippen LogP contribution in [0.5, 0.6) is 5.88 Å². The molecule has 1 aromatic carbocycles. The molecule has 29 heavy (non-hydrogen) atoms. The Balaban J connectivity index is 1.54. The van der Waals surface area contributed by atoms with E-state index in [0.717, 1.165) is 44.0 Å². The second-order valence-electron chi connectivity index (χ2n) is 7.70. The van der Waals surface area contributed by atoms with Gasteiger partial charge in [-0.25, -0.2) is 4.98 Å². The number of aromatic nitrogens is 1. The normalized spacial score (nSPS) is 22.3. The molecule has 0 radical (unpaired) electrons. The number of ether oxygens (including phenoxy) is 2. The number of anilines is 3. The highest BCUT2D eigenvalue weighted by Gasteiger charge is 2.41. The molecule has 0 unspecified atom stereocenters. The van der Waals surface area contributed by atoms with Crippen LogP contribution in [0.2, 0.25) is 0 Å². The summed E-state index contributed by atoms with van der Waals surface area (Å²) in [6.07, 6.45) is 1.16. The molecular formula is C22H25N5O2. The Labute approximate surface area is 170 Å². The molecule has 5 rings (SSSR count). The topological polar surface area (TPSA) is 82.4 Å². The Bertz CT molecular complexity index is 970. The molecule has 0 bridgehead atoms. The highest BCUT2D eigenvalue weighted by atomic mass is 16.5. The predicted octanol–water partition coefficient (Wildman–Crippen LogP) is 2.89. The SMILES string of the molecule is CCOc1nc(C#N)ccc1Nc1cc2c3c(c1)[C@@H]1CNCC[C@@H]1N3CCOC2. The van der Waals surface area contributed by atoms with E-state index in [9.17, 15) is 0 Å². The fraction of sp³-hybridized carbons (Fsp3) is 0.455. The Morgan fingerprint density at radius 2 is 2.34 bits per heavy atom. The van der Waals surface area contributed by atoms with Crippen LogP contribution in [0.25, 0.3) is 0 Å². The van der Waals surface area contributed by atoms with Crippen LogP contribution in [-0.4, -0.2) is 43.9 Å². The molecule has 0 saturated carbocycles. The molecule has 2 N–H and O–H groups in total. The summed E-state index contributed by atoms with van der Waals surface area (Å²) in [5.74, 6) is 0.954. The van der Waals surface area contributed by atoms with Gasteiger partial charge in [-0.3, -0.25) is 0 Å². The molecule has 150 valence electrons. The molecule has 3 aliphatic heterocycles. The van der Waals surface area contributed by atoms with Crippen molar-refractivity contribution in [2.45, 2.75) is 31.9 Å². The van der Waals surface area contributed by atoms with Crippen molar-refractivity contribution < 1.29 is 9.47 Å². The Morgan fingerprint density at radius 1 is 1.41 bits per heavy atom. The first kappa shape index (κ1) is 18.2. The molecule has 2 atom stereocenters. The van der Waals surface area contributed by atoms with Crippen molar-refractivity contribution in [3.63, 3.8) is 0 Å². The number of fused-ring (bicyclic) bond motifs is 3. The number of rotatable bonds is 4. The van der Waals surface area contributed by atoms with E-state index in [1.807, 2.05) is 13.0 Å². The van der Waals surface area contributed by atoms with Crippen LogP contribution >= 0.6 is 0 Å². The zero-order valence-corrected chi connectivity index (χ0v) is 16.6. The monoisotopic (exact) mass is 391 g/mol. The minimum atomic E-state index is 0.347. The lowest BCUT2D eigenvalue weighted by atomic mass is 9.89. The van der Waals surface area contributed by atoms with E-state index in [4.69, 9.17) is 14.7 Å². The van der Waals surface area contributed by atoms with E-state index in [0.29, 0.717) is 36.7 Å². The second-order valence-corrected chi connectivity index (χ2v) is 7.70. The number of piperidine rings is 1. The fourth-order valence-corrected chi connectivity index (χ4v) is 4.86. The lowest BCUT2D eigenvalue weighted by molar-refractivity contribution is 0.130. The summed E-state index contributed by atoms with van der Waals surface area (Å²) in [5, 5.41) is 16.2. The average molecular weight is 391 g/mol. The van der Waals surface area contributed by atoms with Gasteiger partial charge in [0.05, 0.1) is 19.8 Å². The quantitative estimate of drug-likeness (QED) is 0.829. The second kappa shape index (κ2) is 7.54. The predicted molar refractivity (Wildman–Crippen MR) is 111 cm³/mol. The maximum Gasteiger partial charge on any atom is 0.238 e. The van der Waals surface area contributed by atoms with Crippen molar-refractivity contribution in [1.29, 1.82) is 5.26 Å². The van der Waals surface area contributed by atoms with Gasteiger partial charge in [-0.15, -0.1) is 0 Å². The largest absolute Gasteiger partial charge is 0.476 e. The van der Waals surface area contributed by atoms with Crippen molar-refractivity contribution in [2.75, 3.05) is 43.1 Å². The maximum absolute atomic E-state index is 9.14. The Kier molecular flexibility index (Phi) is 4.74. The summed E-state index contributed by atoms with van der Waals surface area (Å²) in [6.45, 7) is 6.84. The number of pyridine rings is 1. The molecule has 0 spiro atoms. The highest BCUT2D eigenvalue weighted by molar-refractivity contribution is 5.75. The molecule has 2 aromatic rings. The molecule has 7 nitrogen and oxygen atoms in total. The van der Waals surface area contributed by atoms with E-state index in [2.05, 4.69) is 38.7 Å². The summed E-state index contributed by atoms with van der Waals surface area (Å²) in [4.78, 5) is 6.88. The van der Waals surface area contributed by atoms with Crippen LogP contribution < -0.4 is 20.3 Å². The van der Waals surface area contributed by atoms with Crippen LogP contribution in [-0.2, 0) is 11.3 Å². The van der Waals surface area contributed by atoms with Crippen molar-refractivity contribution in [1.82, 2.24) is 10.3 Å². The molecule has 1 saturated heterocycles. The summed E-state index contributed by atoms with van der Waals surface area (Å²) >= 11 is 0. The van der Waals surface area contributed by atoms with E-state index >= 15 is 0 Å². The molecule has 1 aromatic heterocycles. The van der Waals surface area contributed by atoms with Gasteiger partial charge in [0.15, 0.2) is 0 Å². The highest BCUT2D eigenvalue weighted by Crippen LogP contribution is 2.47. The zero-order valence-electron chi connectivity index (χ0n) is 16.6. The third-order valence-electron chi connectivity index (χ3n) is 6.02. The first-order valence-electron chi connectivity index (χ1n) is 10.3. The van der Waals surface area contributed by atoms with Crippen LogP contribution in [0.1, 0.15) is 36.1 Å². The van der Waals surface area contributed by atoms with Gasteiger partial charge in [0, 0.05) is 42.0 Å². The lowest BCUT2D eigenvalue weighted by Gasteiger charge is -2.33. The van der Waals surface area contributed by atoms with Crippen molar-refractivity contribution in [2.24, 2.45) is 0 Å². The van der Waals surface area contributed by atoms with Crippen LogP contribution in [0.15, 0.2) is 24.3 Å². The third-order valence-corrected chi connectivity index (χ3v) is 6.02. The Morgan fingerprint density at radius 3 is 3.21 bits per heavy atom. The summed E-state index contributed by atoms with van der Waals surface area (Å²) < 4.78 is 11.6. The Hall–Kier alpha value is -2.82. The van der Waals surface area contributed by atoms with Crippen molar-refractivity contribution >= 4 is 17.1 Å². The van der Waals surface area contributed by atoms with Crippen molar-refractivity contribution in [3.8, 4) is 11.9 Å². The summed E-state index contributed by atoms with van der Waals surface area (Å²) in [5.41, 5.74) is 6.11. The van der Waals surface area contributed by atoms with Crippen LogP contribution in [0.4, 0.5) is 17.1 Å². The standard InChI is InChI=1S/C22H25N5O2/c1-2-29-22-19(4-3-15(11-23)26-22)25-16-9-14-13-28-8-7-27-20-5-6-24-12-18(20)17(10-16)21(14)27/h3-4,9-10,18,20,24-25H,2,5-8,12-13H2,1H3/t18-,20-/m0/s1. The fourth-order valence-electron chi connectivity index (χ4n) is 4.86. The number of benzene rings is 1. The van der Waals surface area contributed by atoms with Gasteiger partial charge in [0.2, 0.25) is 5.88 Å². The number of hydrogen-bond acceptors (Lipinski definition) is 7. The van der Waals surface area contributed by atoms with Gasteiger partial charge in [0.1, 0.15) is 17.5 Å². The maximum atomic E-state index is 9.14. The van der Waals surface area contributed by atoms with Gasteiger partial charge >= 0.3 is 0 Å². The molecule has 0 aliphatic carbocycles. The van der Waals surface area contributed by atoms with Gasteiger partial charge in [-0.1, -0.05) is 0 Å². The average Bonchev–Trinajstić information content (AvgIpc) is 2.90. The minimum absolute atomic E-state index is 0.347. The van der Waals surface area contributed by atoms with Gasteiger partial charge in [-0.2, -0.15) is 5.26 Å². The summed E-state index contributed by atoms with van der Waals surface area (Å²) in [7, 11) is 0.